The van der Waals surface area contributed by atoms with E-state index in [2.05, 4.69) is 15.5 Å². The SMILES string of the molecule is Cc1ccc(CNC(=O)Cn2nc3ccc(SC4CCCCC4)nn3c2=O)cc1. The number of aromatic nitrogens is 4. The molecule has 0 atom stereocenters. The number of carbonyl (C=O) groups excluding carboxylic acids is 1. The summed E-state index contributed by atoms with van der Waals surface area (Å²) in [5, 5.41) is 12.9. The third-order valence-corrected chi connectivity index (χ3v) is 6.42. The molecule has 1 aromatic carbocycles. The summed E-state index contributed by atoms with van der Waals surface area (Å²) in [4.78, 5) is 24.9. The summed E-state index contributed by atoms with van der Waals surface area (Å²) in [6, 6.07) is 11.7. The van der Waals surface area contributed by atoms with Crippen LogP contribution >= 0.6 is 11.8 Å². The van der Waals surface area contributed by atoms with E-state index < -0.39 is 5.69 Å². The van der Waals surface area contributed by atoms with E-state index in [1.165, 1.54) is 46.9 Å². The number of hydrogen-bond donors (Lipinski definition) is 1. The molecule has 1 saturated carbocycles. The fourth-order valence-electron chi connectivity index (χ4n) is 3.51. The third kappa shape index (κ3) is 4.87. The number of benzene rings is 1. The summed E-state index contributed by atoms with van der Waals surface area (Å²) in [5.41, 5.74) is 2.24. The van der Waals surface area contributed by atoms with E-state index in [0.717, 1.165) is 10.6 Å². The molecule has 1 fully saturated rings. The predicted molar refractivity (Wildman–Crippen MR) is 113 cm³/mol. The molecular weight excluding hydrogens is 386 g/mol. The molecule has 0 unspecified atom stereocenters. The Morgan fingerprint density at radius 3 is 2.62 bits per heavy atom. The maximum atomic E-state index is 12.6. The first-order chi connectivity index (χ1) is 14.1. The van der Waals surface area contributed by atoms with E-state index in [4.69, 9.17) is 0 Å². The van der Waals surface area contributed by atoms with E-state index in [9.17, 15) is 9.59 Å². The van der Waals surface area contributed by atoms with Crippen LogP contribution in [0.15, 0.2) is 46.2 Å². The van der Waals surface area contributed by atoms with Crippen molar-refractivity contribution in [1.29, 1.82) is 0 Å². The second-order valence-corrected chi connectivity index (χ2v) is 8.84. The molecular formula is C21H25N5O2S. The molecule has 29 heavy (non-hydrogen) atoms. The third-order valence-electron chi connectivity index (χ3n) is 5.16. The minimum Gasteiger partial charge on any atom is -0.350 e. The Labute approximate surface area is 173 Å². The molecule has 0 radical (unpaired) electrons. The predicted octanol–water partition coefficient (Wildman–Crippen LogP) is 2.94. The quantitative estimate of drug-likeness (QED) is 0.674. The number of hydrogen-bond acceptors (Lipinski definition) is 5. The van der Waals surface area contributed by atoms with Crippen LogP contribution in [-0.2, 0) is 17.9 Å². The van der Waals surface area contributed by atoms with Gasteiger partial charge in [0.25, 0.3) is 0 Å². The Morgan fingerprint density at radius 1 is 1.10 bits per heavy atom. The Kier molecular flexibility index (Phi) is 5.99. The van der Waals surface area contributed by atoms with Gasteiger partial charge in [0.1, 0.15) is 11.6 Å². The van der Waals surface area contributed by atoms with Crippen molar-refractivity contribution < 1.29 is 4.79 Å². The number of aryl methyl sites for hydroxylation is 1. The zero-order valence-electron chi connectivity index (χ0n) is 16.5. The standard InChI is InChI=1S/C21H25N5O2S/c1-15-7-9-16(10-8-15)13-22-19(27)14-25-21(28)26-18(23-25)11-12-20(24-26)29-17-5-3-2-4-6-17/h7-12,17H,2-6,13-14H2,1H3,(H,22,27). The van der Waals surface area contributed by atoms with Gasteiger partial charge in [-0.2, -0.15) is 9.61 Å². The zero-order valence-corrected chi connectivity index (χ0v) is 17.3. The fraction of sp³-hybridized carbons (Fsp3) is 0.429. The molecule has 0 aliphatic heterocycles. The molecule has 152 valence electrons. The molecule has 7 nitrogen and oxygen atoms in total. The molecule has 4 rings (SSSR count). The van der Waals surface area contributed by atoms with Crippen LogP contribution in [0.5, 0.6) is 0 Å². The van der Waals surface area contributed by atoms with Gasteiger partial charge >= 0.3 is 5.69 Å². The monoisotopic (exact) mass is 411 g/mol. The lowest BCUT2D eigenvalue weighted by molar-refractivity contribution is -0.122. The molecule has 3 aromatic rings. The Morgan fingerprint density at radius 2 is 1.86 bits per heavy atom. The number of fused-ring (bicyclic) bond motifs is 1. The van der Waals surface area contributed by atoms with Crippen molar-refractivity contribution in [3.8, 4) is 0 Å². The van der Waals surface area contributed by atoms with Crippen LogP contribution in [-0.4, -0.2) is 30.6 Å². The van der Waals surface area contributed by atoms with Crippen molar-refractivity contribution in [3.63, 3.8) is 0 Å². The fourth-order valence-corrected chi connectivity index (χ4v) is 4.70. The van der Waals surface area contributed by atoms with Crippen molar-refractivity contribution in [1.82, 2.24) is 24.7 Å². The largest absolute Gasteiger partial charge is 0.367 e. The zero-order chi connectivity index (χ0) is 20.2. The van der Waals surface area contributed by atoms with Crippen molar-refractivity contribution >= 4 is 23.3 Å². The number of nitrogens with one attached hydrogen (secondary N) is 1. The summed E-state index contributed by atoms with van der Waals surface area (Å²) >= 11 is 1.73. The molecule has 0 spiro atoms. The minimum atomic E-state index is -0.392. The van der Waals surface area contributed by atoms with Crippen LogP contribution in [0.3, 0.4) is 0 Å². The molecule has 8 heteroatoms. The van der Waals surface area contributed by atoms with Gasteiger partial charge in [-0.05, 0) is 37.5 Å². The van der Waals surface area contributed by atoms with Crippen molar-refractivity contribution in [2.75, 3.05) is 0 Å². The number of rotatable bonds is 6. The topological polar surface area (TPSA) is 81.3 Å². The molecule has 2 heterocycles. The van der Waals surface area contributed by atoms with Gasteiger partial charge in [0.2, 0.25) is 5.91 Å². The molecule has 0 bridgehead atoms. The molecule has 1 aliphatic carbocycles. The Bertz CT molecular complexity index is 1050. The Hall–Kier alpha value is -2.61. The number of amides is 1. The second-order valence-electron chi connectivity index (χ2n) is 7.52. The average Bonchev–Trinajstić information content (AvgIpc) is 3.03. The smallest absolute Gasteiger partial charge is 0.350 e. The van der Waals surface area contributed by atoms with E-state index in [1.807, 2.05) is 37.3 Å². The van der Waals surface area contributed by atoms with E-state index in [-0.39, 0.29) is 12.5 Å². The van der Waals surface area contributed by atoms with Crippen LogP contribution in [0.1, 0.15) is 43.2 Å². The summed E-state index contributed by atoms with van der Waals surface area (Å²) in [5.74, 6) is -0.257. The van der Waals surface area contributed by atoms with E-state index >= 15 is 0 Å². The van der Waals surface area contributed by atoms with Gasteiger partial charge < -0.3 is 5.32 Å². The van der Waals surface area contributed by atoms with Gasteiger partial charge in [-0.25, -0.2) is 9.48 Å². The van der Waals surface area contributed by atoms with E-state index in [1.54, 1.807) is 17.8 Å². The van der Waals surface area contributed by atoms with Crippen molar-refractivity contribution in [2.24, 2.45) is 0 Å². The van der Waals surface area contributed by atoms with Gasteiger partial charge in [-0.3, -0.25) is 4.79 Å². The van der Waals surface area contributed by atoms with Crippen LogP contribution < -0.4 is 11.0 Å². The minimum absolute atomic E-state index is 0.126. The average molecular weight is 412 g/mol. The molecule has 1 N–H and O–H groups in total. The highest BCUT2D eigenvalue weighted by molar-refractivity contribution is 7.99. The van der Waals surface area contributed by atoms with Crippen LogP contribution in [0.25, 0.3) is 5.65 Å². The van der Waals surface area contributed by atoms with Crippen molar-refractivity contribution in [3.05, 3.63) is 58.0 Å². The van der Waals surface area contributed by atoms with Gasteiger partial charge in [0.15, 0.2) is 5.65 Å². The number of carbonyl (C=O) groups is 1. The first-order valence-electron chi connectivity index (χ1n) is 10.0. The molecule has 2 aromatic heterocycles. The molecule has 1 amide bonds. The van der Waals surface area contributed by atoms with Crippen LogP contribution in [0.2, 0.25) is 0 Å². The highest BCUT2D eigenvalue weighted by atomic mass is 32.2. The summed E-state index contributed by atoms with van der Waals surface area (Å²) in [6.45, 7) is 2.31. The number of thioether (sulfide) groups is 1. The first-order valence-corrected chi connectivity index (χ1v) is 10.9. The maximum Gasteiger partial charge on any atom is 0.367 e. The second kappa shape index (κ2) is 8.82. The van der Waals surface area contributed by atoms with E-state index in [0.29, 0.717) is 17.4 Å². The lowest BCUT2D eigenvalue weighted by Crippen LogP contribution is -2.32. The normalized spacial score (nSPS) is 14.9. The van der Waals surface area contributed by atoms with Gasteiger partial charge in [0, 0.05) is 11.8 Å². The van der Waals surface area contributed by atoms with Crippen LogP contribution in [0.4, 0.5) is 0 Å². The van der Waals surface area contributed by atoms with Gasteiger partial charge in [-0.15, -0.1) is 16.9 Å². The molecule has 1 aliphatic rings. The lowest BCUT2D eigenvalue weighted by Gasteiger charge is -2.20. The summed E-state index contributed by atoms with van der Waals surface area (Å²) < 4.78 is 2.46. The lowest BCUT2D eigenvalue weighted by atomic mass is 10.0. The van der Waals surface area contributed by atoms with Gasteiger partial charge in [0.05, 0.1) is 0 Å². The molecule has 0 saturated heterocycles. The highest BCUT2D eigenvalue weighted by Gasteiger charge is 2.17. The summed E-state index contributed by atoms with van der Waals surface area (Å²) in [7, 11) is 0. The van der Waals surface area contributed by atoms with Crippen molar-refractivity contribution in [2.45, 2.75) is 62.4 Å². The number of nitrogens with zero attached hydrogens (tertiary/aromatic N) is 4. The first kappa shape index (κ1) is 19.7. The van der Waals surface area contributed by atoms with Gasteiger partial charge in [-0.1, -0.05) is 49.1 Å². The maximum absolute atomic E-state index is 12.6. The summed E-state index contributed by atoms with van der Waals surface area (Å²) in [6.07, 6.45) is 6.21. The highest BCUT2D eigenvalue weighted by Crippen LogP contribution is 2.32. The Balaban J connectivity index is 1.42. The van der Waals surface area contributed by atoms with Crippen LogP contribution in [0, 0.1) is 6.92 Å².